The predicted molar refractivity (Wildman–Crippen MR) is 69.3 cm³/mol. The third-order valence-electron chi connectivity index (χ3n) is 4.14. The van der Waals surface area contributed by atoms with E-state index in [2.05, 4.69) is 4.74 Å². The van der Waals surface area contributed by atoms with E-state index in [9.17, 15) is 30.7 Å². The molecule has 0 radical (unpaired) electrons. The highest BCUT2D eigenvalue weighted by atomic mass is 19.3. The number of hydrogen-bond acceptors (Lipinski definition) is 1. The summed E-state index contributed by atoms with van der Waals surface area (Å²) in [5, 5.41) is 0. The van der Waals surface area contributed by atoms with Gasteiger partial charge in [-0.1, -0.05) is 31.4 Å². The van der Waals surface area contributed by atoms with E-state index in [4.69, 9.17) is 0 Å². The lowest BCUT2D eigenvalue weighted by molar-refractivity contribution is -0.274. The van der Waals surface area contributed by atoms with Crippen molar-refractivity contribution in [2.75, 3.05) is 6.61 Å². The van der Waals surface area contributed by atoms with E-state index >= 15 is 0 Å². The van der Waals surface area contributed by atoms with Gasteiger partial charge in [-0.3, -0.25) is 0 Å². The number of hydrogen-bond donors (Lipinski definition) is 0. The first-order valence-corrected chi connectivity index (χ1v) is 7.46. The maximum Gasteiger partial charge on any atom is 0.386 e. The molecule has 132 valence electrons. The van der Waals surface area contributed by atoms with Crippen LogP contribution in [0.25, 0.3) is 0 Å². The van der Waals surface area contributed by atoms with Crippen LogP contribution >= 0.6 is 0 Å². The van der Waals surface area contributed by atoms with E-state index in [1.807, 2.05) is 6.08 Å². The minimum Gasteiger partial charge on any atom is -0.489 e. The van der Waals surface area contributed by atoms with Crippen molar-refractivity contribution in [3.05, 3.63) is 23.7 Å². The highest BCUT2D eigenvalue weighted by molar-refractivity contribution is 5.33. The van der Waals surface area contributed by atoms with Crippen molar-refractivity contribution < 1.29 is 35.5 Å². The first-order valence-electron chi connectivity index (χ1n) is 7.46. The molecule has 0 spiro atoms. The topological polar surface area (TPSA) is 9.23 Å². The molecule has 0 aromatic heterocycles. The van der Waals surface area contributed by atoms with Gasteiger partial charge in [0.25, 0.3) is 0 Å². The van der Waals surface area contributed by atoms with Gasteiger partial charge in [-0.2, -0.15) is 26.3 Å². The summed E-state index contributed by atoms with van der Waals surface area (Å²) in [5.74, 6) is -21.6. The summed E-state index contributed by atoms with van der Waals surface area (Å²) in [7, 11) is 0. The summed E-state index contributed by atoms with van der Waals surface area (Å²) >= 11 is 0. The van der Waals surface area contributed by atoms with Gasteiger partial charge < -0.3 is 4.74 Å². The van der Waals surface area contributed by atoms with E-state index in [-0.39, 0.29) is 6.42 Å². The van der Waals surface area contributed by atoms with E-state index in [0.717, 1.165) is 25.7 Å². The summed E-state index contributed by atoms with van der Waals surface area (Å²) in [6.45, 7) is -0.576. The van der Waals surface area contributed by atoms with Gasteiger partial charge in [0.15, 0.2) is 0 Å². The molecule has 8 heteroatoms. The molecule has 0 aromatic carbocycles. The molecule has 0 N–H and O–H groups in total. The number of alkyl halides is 6. The molecule has 1 saturated carbocycles. The molecule has 0 bridgehead atoms. The Kier molecular flexibility index (Phi) is 5.01. The number of halogens is 7. The van der Waals surface area contributed by atoms with Crippen molar-refractivity contribution in [3.8, 4) is 0 Å². The third-order valence-corrected chi connectivity index (χ3v) is 4.14. The van der Waals surface area contributed by atoms with Gasteiger partial charge in [0.2, 0.25) is 11.6 Å². The zero-order chi connectivity index (χ0) is 17.3. The van der Waals surface area contributed by atoms with Crippen LogP contribution in [0.5, 0.6) is 0 Å². The fourth-order valence-corrected chi connectivity index (χ4v) is 2.76. The molecule has 1 fully saturated rings. The van der Waals surface area contributed by atoms with Crippen LogP contribution in [0.15, 0.2) is 23.7 Å². The average molecular weight is 346 g/mol. The molecule has 23 heavy (non-hydrogen) atoms. The zero-order valence-electron chi connectivity index (χ0n) is 12.2. The predicted octanol–water partition coefficient (Wildman–Crippen LogP) is 5.63. The molecule has 0 amide bonds. The van der Waals surface area contributed by atoms with Crippen LogP contribution in [0.2, 0.25) is 0 Å². The second-order valence-electron chi connectivity index (χ2n) is 5.83. The molecule has 0 unspecified atom stereocenters. The van der Waals surface area contributed by atoms with Gasteiger partial charge in [-0.15, -0.1) is 0 Å². The largest absolute Gasteiger partial charge is 0.489 e. The van der Waals surface area contributed by atoms with Gasteiger partial charge >= 0.3 is 17.8 Å². The summed E-state index contributed by atoms with van der Waals surface area (Å²) in [5.41, 5.74) is 0. The number of rotatable bonds is 5. The number of allylic oxidation sites excluding steroid dienone is 3. The van der Waals surface area contributed by atoms with Crippen molar-refractivity contribution >= 4 is 0 Å². The zero-order valence-corrected chi connectivity index (χ0v) is 12.2. The van der Waals surface area contributed by atoms with E-state index in [1.54, 1.807) is 6.08 Å². The van der Waals surface area contributed by atoms with Crippen LogP contribution in [0.1, 0.15) is 38.5 Å². The van der Waals surface area contributed by atoms with Gasteiger partial charge in [0, 0.05) is 0 Å². The highest BCUT2D eigenvalue weighted by Crippen LogP contribution is 2.59. The molecule has 0 saturated heterocycles. The van der Waals surface area contributed by atoms with E-state index < -0.39 is 36.0 Å². The van der Waals surface area contributed by atoms with Crippen molar-refractivity contribution in [2.45, 2.75) is 56.3 Å². The van der Waals surface area contributed by atoms with Crippen LogP contribution < -0.4 is 0 Å². The van der Waals surface area contributed by atoms with Gasteiger partial charge in [-0.05, 0) is 25.2 Å². The van der Waals surface area contributed by atoms with E-state index in [0.29, 0.717) is 5.92 Å². The average Bonchev–Trinajstić information content (AvgIpc) is 2.58. The SMILES string of the molecule is FC1=C(OCCC=CC2CCCCC2)C(F)(F)C(F)(F)C1(F)F. The Morgan fingerprint density at radius 2 is 1.57 bits per heavy atom. The minimum atomic E-state index is -5.84. The smallest absolute Gasteiger partial charge is 0.386 e. The quantitative estimate of drug-likeness (QED) is 0.356. The third kappa shape index (κ3) is 3.08. The molecule has 2 rings (SSSR count). The summed E-state index contributed by atoms with van der Waals surface area (Å²) in [6.07, 6.45) is 8.89. The Morgan fingerprint density at radius 3 is 2.09 bits per heavy atom. The monoisotopic (exact) mass is 346 g/mol. The maximum atomic E-state index is 13.3. The summed E-state index contributed by atoms with van der Waals surface area (Å²) < 4.78 is 95.7. The molecule has 0 heterocycles. The van der Waals surface area contributed by atoms with Crippen LogP contribution in [-0.4, -0.2) is 24.4 Å². The molecule has 1 nitrogen and oxygen atoms in total. The Hall–Kier alpha value is -1.21. The van der Waals surface area contributed by atoms with Crippen molar-refractivity contribution in [1.82, 2.24) is 0 Å². The molecule has 0 aliphatic heterocycles. The van der Waals surface area contributed by atoms with Crippen LogP contribution in [0, 0.1) is 5.92 Å². The highest BCUT2D eigenvalue weighted by Gasteiger charge is 2.82. The van der Waals surface area contributed by atoms with Gasteiger partial charge in [0.05, 0.1) is 6.61 Å². The number of ether oxygens (including phenoxy) is 1. The molecular weight excluding hydrogens is 329 g/mol. The molecule has 0 atom stereocenters. The van der Waals surface area contributed by atoms with Crippen LogP contribution in [0.3, 0.4) is 0 Å². The Bertz CT molecular complexity index is 490. The molecule has 2 aliphatic rings. The van der Waals surface area contributed by atoms with Crippen LogP contribution in [0.4, 0.5) is 30.7 Å². The summed E-state index contributed by atoms with van der Waals surface area (Å²) in [6, 6.07) is 0. The van der Waals surface area contributed by atoms with Crippen molar-refractivity contribution in [3.63, 3.8) is 0 Å². The van der Waals surface area contributed by atoms with Gasteiger partial charge in [-0.25, -0.2) is 4.39 Å². The Morgan fingerprint density at radius 1 is 0.957 bits per heavy atom. The first kappa shape index (κ1) is 18.1. The lowest BCUT2D eigenvalue weighted by Crippen LogP contribution is -2.49. The van der Waals surface area contributed by atoms with Crippen molar-refractivity contribution in [1.29, 1.82) is 0 Å². The standard InChI is InChI=1S/C15H17F7O/c16-11-12(14(19,20)15(21,22)13(11,17)18)23-9-5-4-8-10-6-2-1-3-7-10/h4,8,10H,1-3,5-7,9H2. The molecule has 2 aliphatic carbocycles. The molecule has 0 aromatic rings. The Balaban J connectivity index is 1.92. The van der Waals surface area contributed by atoms with Crippen LogP contribution in [-0.2, 0) is 4.74 Å². The maximum absolute atomic E-state index is 13.3. The molecular formula is C15H17F7O. The fourth-order valence-electron chi connectivity index (χ4n) is 2.76. The first-order chi connectivity index (χ1) is 10.6. The second kappa shape index (κ2) is 6.36. The van der Waals surface area contributed by atoms with Gasteiger partial charge in [0.1, 0.15) is 0 Å². The minimum absolute atomic E-state index is 0.0422. The fraction of sp³-hybridized carbons (Fsp3) is 0.733. The second-order valence-corrected chi connectivity index (χ2v) is 5.83. The lowest BCUT2D eigenvalue weighted by atomic mass is 9.89. The lowest BCUT2D eigenvalue weighted by Gasteiger charge is -2.24. The Labute approximate surface area is 129 Å². The normalized spacial score (nSPS) is 26.9. The van der Waals surface area contributed by atoms with Crippen molar-refractivity contribution in [2.24, 2.45) is 5.92 Å². The van der Waals surface area contributed by atoms with E-state index in [1.165, 1.54) is 6.42 Å². The summed E-state index contributed by atoms with van der Waals surface area (Å²) in [4.78, 5) is 0.